The van der Waals surface area contributed by atoms with Crippen molar-refractivity contribution < 1.29 is 18.7 Å². The maximum absolute atomic E-state index is 13.6. The number of carbonyl (C=O) groups is 2. The number of carbonyl (C=O) groups excluding carboxylic acids is 2. The Morgan fingerprint density at radius 1 is 1.19 bits per heavy atom. The van der Waals surface area contributed by atoms with E-state index in [2.05, 4.69) is 5.32 Å². The summed E-state index contributed by atoms with van der Waals surface area (Å²) in [6.07, 6.45) is 0.153. The normalized spacial score (nSPS) is 16.0. The molecule has 136 valence electrons. The summed E-state index contributed by atoms with van der Waals surface area (Å²) < 4.78 is 19.3. The first-order valence-corrected chi connectivity index (χ1v) is 8.67. The first-order valence-electron chi connectivity index (χ1n) is 8.67. The molecule has 2 aromatic carbocycles. The highest BCUT2D eigenvalue weighted by atomic mass is 19.1. The van der Waals surface area contributed by atoms with Gasteiger partial charge in [-0.2, -0.15) is 0 Å². The first kappa shape index (κ1) is 17.9. The number of rotatable bonds is 6. The topological polar surface area (TPSA) is 58.6 Å². The molecule has 2 aromatic rings. The number of amides is 2. The molecule has 0 spiro atoms. The molecule has 0 saturated heterocycles. The zero-order valence-corrected chi connectivity index (χ0v) is 14.6. The third-order valence-corrected chi connectivity index (χ3v) is 4.33. The molecule has 2 amide bonds. The number of nitrogens with one attached hydrogen (secondary N) is 1. The fourth-order valence-corrected chi connectivity index (χ4v) is 2.90. The van der Waals surface area contributed by atoms with Gasteiger partial charge in [-0.15, -0.1) is 0 Å². The van der Waals surface area contributed by atoms with Gasteiger partial charge in [0.15, 0.2) is 6.10 Å². The monoisotopic (exact) mass is 356 g/mol. The van der Waals surface area contributed by atoms with Gasteiger partial charge in [0.05, 0.1) is 5.69 Å². The SMILES string of the molecule is CCC1Oc2ccccc2N(CCC(=O)NCc2ccccc2F)C1=O. The van der Waals surface area contributed by atoms with Crippen LogP contribution in [0, 0.1) is 5.82 Å². The summed E-state index contributed by atoms with van der Waals surface area (Å²) in [7, 11) is 0. The number of hydrogen-bond acceptors (Lipinski definition) is 3. The predicted octanol–water partition coefficient (Wildman–Crippen LogP) is 3.04. The number of benzene rings is 2. The van der Waals surface area contributed by atoms with E-state index in [0.717, 1.165) is 0 Å². The van der Waals surface area contributed by atoms with Crippen molar-refractivity contribution >= 4 is 17.5 Å². The highest BCUT2D eigenvalue weighted by Crippen LogP contribution is 2.34. The van der Waals surface area contributed by atoms with E-state index in [0.29, 0.717) is 23.4 Å². The van der Waals surface area contributed by atoms with E-state index < -0.39 is 6.10 Å². The minimum atomic E-state index is -0.536. The Morgan fingerprint density at radius 3 is 2.69 bits per heavy atom. The van der Waals surface area contributed by atoms with Crippen LogP contribution in [0.2, 0.25) is 0 Å². The van der Waals surface area contributed by atoms with Crippen LogP contribution < -0.4 is 15.0 Å². The summed E-state index contributed by atoms with van der Waals surface area (Å²) in [5.41, 5.74) is 1.10. The van der Waals surface area contributed by atoms with Crippen LogP contribution in [0.25, 0.3) is 0 Å². The lowest BCUT2D eigenvalue weighted by atomic mass is 10.1. The van der Waals surface area contributed by atoms with Crippen LogP contribution in [0.1, 0.15) is 25.3 Å². The highest BCUT2D eigenvalue weighted by Gasteiger charge is 2.33. The molecule has 1 heterocycles. The number of ether oxygens (including phenoxy) is 1. The van der Waals surface area contributed by atoms with E-state index in [-0.39, 0.29) is 37.1 Å². The molecule has 26 heavy (non-hydrogen) atoms. The quantitative estimate of drug-likeness (QED) is 0.865. The summed E-state index contributed by atoms with van der Waals surface area (Å²) >= 11 is 0. The summed E-state index contributed by atoms with van der Waals surface area (Å²) in [4.78, 5) is 26.3. The fourth-order valence-electron chi connectivity index (χ4n) is 2.90. The second-order valence-corrected chi connectivity index (χ2v) is 6.09. The van der Waals surface area contributed by atoms with Crippen LogP contribution in [-0.2, 0) is 16.1 Å². The molecular formula is C20H21FN2O3. The molecule has 3 rings (SSSR count). The average molecular weight is 356 g/mol. The largest absolute Gasteiger partial charge is 0.478 e. The smallest absolute Gasteiger partial charge is 0.268 e. The Balaban J connectivity index is 1.62. The van der Waals surface area contributed by atoms with Crippen molar-refractivity contribution in [3.63, 3.8) is 0 Å². The Bertz CT molecular complexity index is 809. The number of halogens is 1. The van der Waals surface area contributed by atoms with Gasteiger partial charge in [-0.25, -0.2) is 4.39 Å². The van der Waals surface area contributed by atoms with Crippen molar-refractivity contribution in [2.75, 3.05) is 11.4 Å². The number of hydrogen-bond donors (Lipinski definition) is 1. The maximum atomic E-state index is 13.6. The molecule has 1 unspecified atom stereocenters. The molecule has 0 aliphatic carbocycles. The van der Waals surface area contributed by atoms with Crippen molar-refractivity contribution in [3.8, 4) is 5.75 Å². The molecule has 5 nitrogen and oxygen atoms in total. The zero-order chi connectivity index (χ0) is 18.5. The standard InChI is InChI=1S/C20H21FN2O3/c1-2-17-20(25)23(16-9-5-6-10-18(16)26-17)12-11-19(24)22-13-14-7-3-4-8-15(14)21/h3-10,17H,2,11-13H2,1H3,(H,22,24). The lowest BCUT2D eigenvalue weighted by molar-refractivity contribution is -0.126. The van der Waals surface area contributed by atoms with Gasteiger partial charge >= 0.3 is 0 Å². The lowest BCUT2D eigenvalue weighted by Crippen LogP contribution is -2.46. The van der Waals surface area contributed by atoms with E-state index in [1.165, 1.54) is 6.07 Å². The van der Waals surface area contributed by atoms with Gasteiger partial charge in [-0.05, 0) is 24.6 Å². The van der Waals surface area contributed by atoms with Gasteiger partial charge in [-0.3, -0.25) is 9.59 Å². The molecule has 0 saturated carbocycles. The third-order valence-electron chi connectivity index (χ3n) is 4.33. The van der Waals surface area contributed by atoms with Crippen LogP contribution in [0.5, 0.6) is 5.75 Å². The molecule has 0 radical (unpaired) electrons. The van der Waals surface area contributed by atoms with Gasteiger partial charge in [0.2, 0.25) is 5.91 Å². The van der Waals surface area contributed by atoms with Gasteiger partial charge in [0, 0.05) is 25.1 Å². The number of nitrogens with zero attached hydrogens (tertiary/aromatic N) is 1. The number of fused-ring (bicyclic) bond motifs is 1. The minimum Gasteiger partial charge on any atom is -0.478 e. The first-order chi connectivity index (χ1) is 12.6. The molecule has 1 N–H and O–H groups in total. The Hall–Kier alpha value is -2.89. The summed E-state index contributed by atoms with van der Waals surface area (Å²) in [5, 5.41) is 2.70. The van der Waals surface area contributed by atoms with Gasteiger partial charge < -0.3 is 15.0 Å². The molecule has 0 aromatic heterocycles. The van der Waals surface area contributed by atoms with Crippen molar-refractivity contribution in [1.82, 2.24) is 5.32 Å². The van der Waals surface area contributed by atoms with E-state index in [1.807, 2.05) is 25.1 Å². The van der Waals surface area contributed by atoms with Crippen LogP contribution in [0.4, 0.5) is 10.1 Å². The van der Waals surface area contributed by atoms with Gasteiger partial charge in [0.25, 0.3) is 5.91 Å². The van der Waals surface area contributed by atoms with E-state index in [4.69, 9.17) is 4.74 Å². The van der Waals surface area contributed by atoms with Crippen LogP contribution in [0.15, 0.2) is 48.5 Å². The molecule has 1 aliphatic heterocycles. The van der Waals surface area contributed by atoms with Crippen molar-refractivity contribution in [2.45, 2.75) is 32.4 Å². The summed E-state index contributed by atoms with van der Waals surface area (Å²) in [5.74, 6) is -0.0900. The van der Waals surface area contributed by atoms with E-state index in [1.54, 1.807) is 29.2 Å². The molecule has 0 bridgehead atoms. The van der Waals surface area contributed by atoms with Crippen LogP contribution >= 0.6 is 0 Å². The molecule has 0 fully saturated rings. The van der Waals surface area contributed by atoms with Crippen LogP contribution in [-0.4, -0.2) is 24.5 Å². The lowest BCUT2D eigenvalue weighted by Gasteiger charge is -2.33. The van der Waals surface area contributed by atoms with Crippen LogP contribution in [0.3, 0.4) is 0 Å². The molecule has 1 atom stereocenters. The summed E-state index contributed by atoms with van der Waals surface area (Å²) in [6, 6.07) is 13.6. The van der Waals surface area contributed by atoms with Crippen molar-refractivity contribution in [1.29, 1.82) is 0 Å². The zero-order valence-electron chi connectivity index (χ0n) is 14.6. The summed E-state index contributed by atoms with van der Waals surface area (Å²) in [6.45, 7) is 2.26. The molecule has 6 heteroatoms. The van der Waals surface area contributed by atoms with Gasteiger partial charge in [-0.1, -0.05) is 37.3 Å². The van der Waals surface area contributed by atoms with Crippen molar-refractivity contribution in [3.05, 3.63) is 59.9 Å². The van der Waals surface area contributed by atoms with E-state index in [9.17, 15) is 14.0 Å². The third kappa shape index (κ3) is 3.85. The van der Waals surface area contributed by atoms with Gasteiger partial charge in [0.1, 0.15) is 11.6 Å². The second kappa shape index (κ2) is 7.99. The second-order valence-electron chi connectivity index (χ2n) is 6.09. The molecular weight excluding hydrogens is 335 g/mol. The average Bonchev–Trinajstić information content (AvgIpc) is 2.66. The predicted molar refractivity (Wildman–Crippen MR) is 96.4 cm³/mol. The Kier molecular flexibility index (Phi) is 5.51. The highest BCUT2D eigenvalue weighted by molar-refractivity contribution is 6.00. The van der Waals surface area contributed by atoms with E-state index >= 15 is 0 Å². The Morgan fingerprint density at radius 2 is 1.92 bits per heavy atom. The fraction of sp³-hybridized carbons (Fsp3) is 0.300. The Labute approximate surface area is 151 Å². The number of anilines is 1. The minimum absolute atomic E-state index is 0.122. The maximum Gasteiger partial charge on any atom is 0.268 e. The van der Waals surface area contributed by atoms with Crippen molar-refractivity contribution in [2.24, 2.45) is 0 Å². The number of para-hydroxylation sites is 2. The molecule has 1 aliphatic rings.